The van der Waals surface area contributed by atoms with Crippen LogP contribution in [0.2, 0.25) is 4.34 Å². The summed E-state index contributed by atoms with van der Waals surface area (Å²) in [5.41, 5.74) is 2.54. The fourth-order valence-electron chi connectivity index (χ4n) is 3.65. The number of fused-ring (bicyclic) bond motifs is 2. The zero-order valence-corrected chi connectivity index (χ0v) is 22.0. The summed E-state index contributed by atoms with van der Waals surface area (Å²) in [6.45, 7) is 0. The lowest BCUT2D eigenvalue weighted by Gasteiger charge is -2.08. The van der Waals surface area contributed by atoms with E-state index in [4.69, 9.17) is 16.0 Å². The minimum absolute atomic E-state index is 0.0621. The number of oxazole rings is 1. The fraction of sp³-hybridized carbons (Fsp3) is 0. The van der Waals surface area contributed by atoms with E-state index in [1.807, 2.05) is 0 Å². The molecule has 15 heteroatoms. The van der Waals surface area contributed by atoms with E-state index in [1.165, 1.54) is 18.2 Å². The zero-order chi connectivity index (χ0) is 26.5. The molecule has 11 nitrogen and oxygen atoms in total. The Kier molecular flexibility index (Phi) is 5.83. The molecule has 6 rings (SSSR count). The van der Waals surface area contributed by atoms with E-state index >= 15 is 0 Å². The van der Waals surface area contributed by atoms with Crippen LogP contribution in [0.25, 0.3) is 33.6 Å². The quantitative estimate of drug-likeness (QED) is 0.251. The molecule has 0 saturated heterocycles. The number of aromatic nitrogens is 3. The second kappa shape index (κ2) is 9.09. The Hall–Kier alpha value is -3.98. The Labute approximate surface area is 224 Å². The summed E-state index contributed by atoms with van der Waals surface area (Å²) >= 11 is 6.81. The van der Waals surface area contributed by atoms with Crippen molar-refractivity contribution in [2.24, 2.45) is 0 Å². The van der Waals surface area contributed by atoms with Crippen LogP contribution < -0.4 is 9.44 Å². The lowest BCUT2D eigenvalue weighted by molar-refractivity contribution is 0.315. The molecule has 0 amide bonds. The van der Waals surface area contributed by atoms with E-state index in [-0.39, 0.29) is 20.5 Å². The molecule has 0 aliphatic carbocycles. The molecule has 0 spiro atoms. The van der Waals surface area contributed by atoms with Crippen molar-refractivity contribution in [3.63, 3.8) is 0 Å². The van der Waals surface area contributed by atoms with Gasteiger partial charge in [-0.15, -0.1) is 11.3 Å². The molecule has 6 aromatic rings. The van der Waals surface area contributed by atoms with E-state index in [0.29, 0.717) is 37.9 Å². The molecule has 3 aromatic carbocycles. The summed E-state index contributed by atoms with van der Waals surface area (Å²) < 4.78 is 66.9. The fourth-order valence-corrected chi connectivity index (χ4v) is 7.39. The first kappa shape index (κ1) is 24.4. The molecule has 38 heavy (non-hydrogen) atoms. The van der Waals surface area contributed by atoms with E-state index < -0.39 is 20.0 Å². The van der Waals surface area contributed by atoms with Crippen LogP contribution >= 0.6 is 22.9 Å². The van der Waals surface area contributed by atoms with Crippen LogP contribution in [0, 0.1) is 0 Å². The van der Waals surface area contributed by atoms with Gasteiger partial charge in [0.1, 0.15) is 20.1 Å². The molecule has 0 fully saturated rings. The van der Waals surface area contributed by atoms with Gasteiger partial charge in [0.25, 0.3) is 20.0 Å². The van der Waals surface area contributed by atoms with Crippen LogP contribution in [0.4, 0.5) is 11.4 Å². The summed E-state index contributed by atoms with van der Waals surface area (Å²) in [4.78, 5) is 4.38. The van der Waals surface area contributed by atoms with Gasteiger partial charge in [0.15, 0.2) is 11.1 Å². The molecule has 2 N–H and O–H groups in total. The van der Waals surface area contributed by atoms with Gasteiger partial charge in [0.2, 0.25) is 5.89 Å². The number of nitrogens with one attached hydrogen (secondary N) is 2. The average molecular weight is 588 g/mol. The average Bonchev–Trinajstić information content (AvgIpc) is 3.63. The van der Waals surface area contributed by atoms with Crippen LogP contribution in [0.3, 0.4) is 0 Å². The first-order valence-electron chi connectivity index (χ1n) is 10.7. The number of halogens is 1. The highest BCUT2D eigenvalue weighted by Crippen LogP contribution is 2.31. The maximum absolute atomic E-state index is 12.9. The van der Waals surface area contributed by atoms with Crippen molar-refractivity contribution >= 4 is 76.5 Å². The van der Waals surface area contributed by atoms with Crippen molar-refractivity contribution in [1.29, 1.82) is 0 Å². The van der Waals surface area contributed by atoms with E-state index in [2.05, 4.69) is 29.4 Å². The summed E-state index contributed by atoms with van der Waals surface area (Å²) in [6.07, 6.45) is 0. The standard InChI is InChI=1S/C23H14ClN5O6S3/c24-20-10-11-21(36-20)38(32,33)29-15-8-9-18-17(12-15)25-23(34-18)13-4-6-14(7-5-13)28-37(30,31)19-3-1-2-16-22(19)27-35-26-16/h1-12,28-29H. The number of sulfonamides is 2. The van der Waals surface area contributed by atoms with E-state index in [0.717, 1.165) is 11.3 Å². The Morgan fingerprint density at radius 1 is 0.789 bits per heavy atom. The number of rotatable bonds is 7. The molecule has 0 aliphatic rings. The highest BCUT2D eigenvalue weighted by molar-refractivity contribution is 7.94. The highest BCUT2D eigenvalue weighted by atomic mass is 35.5. The SMILES string of the molecule is O=S(=O)(Nc1ccc2oc(-c3ccc(NS(=O)(=O)c4cccc5nonc45)cc3)nc2c1)c1ccc(Cl)s1. The topological polar surface area (TPSA) is 157 Å². The number of anilines is 2. The number of thiophene rings is 1. The normalized spacial score (nSPS) is 12.2. The van der Waals surface area contributed by atoms with Crippen molar-refractivity contribution in [3.05, 3.63) is 77.1 Å². The third kappa shape index (κ3) is 4.58. The summed E-state index contributed by atoms with van der Waals surface area (Å²) in [6, 6.07) is 18.6. The molecular formula is C23H14ClN5O6S3. The van der Waals surface area contributed by atoms with Crippen molar-refractivity contribution in [3.8, 4) is 11.5 Å². The Bertz CT molecular complexity index is 2030. The van der Waals surface area contributed by atoms with Gasteiger partial charge in [-0.05, 0) is 77.0 Å². The third-order valence-electron chi connectivity index (χ3n) is 5.38. The van der Waals surface area contributed by atoms with Gasteiger partial charge in [0, 0.05) is 11.3 Å². The van der Waals surface area contributed by atoms with Gasteiger partial charge in [-0.3, -0.25) is 9.44 Å². The van der Waals surface area contributed by atoms with Gasteiger partial charge in [-0.2, -0.15) is 0 Å². The maximum Gasteiger partial charge on any atom is 0.271 e. The summed E-state index contributed by atoms with van der Waals surface area (Å²) in [5, 5.41) is 7.34. The molecule has 0 unspecified atom stereocenters. The van der Waals surface area contributed by atoms with Gasteiger partial charge < -0.3 is 4.42 Å². The second-order valence-corrected chi connectivity index (χ2v) is 13.2. The molecule has 0 aliphatic heterocycles. The van der Waals surface area contributed by atoms with Gasteiger partial charge in [-0.25, -0.2) is 26.4 Å². The molecule has 0 bridgehead atoms. The predicted molar refractivity (Wildman–Crippen MR) is 142 cm³/mol. The number of hydrogen-bond donors (Lipinski definition) is 2. The number of hydrogen-bond acceptors (Lipinski definition) is 10. The lowest BCUT2D eigenvalue weighted by Crippen LogP contribution is -2.13. The lowest BCUT2D eigenvalue weighted by atomic mass is 10.2. The first-order valence-corrected chi connectivity index (χ1v) is 14.9. The van der Waals surface area contributed by atoms with Crippen molar-refractivity contribution in [1.82, 2.24) is 15.3 Å². The highest BCUT2D eigenvalue weighted by Gasteiger charge is 2.21. The molecule has 3 aromatic heterocycles. The van der Waals surface area contributed by atoms with Crippen molar-refractivity contribution in [2.45, 2.75) is 9.10 Å². The smallest absolute Gasteiger partial charge is 0.271 e. The second-order valence-electron chi connectivity index (χ2n) is 7.94. The van der Waals surface area contributed by atoms with Crippen LogP contribution in [0.5, 0.6) is 0 Å². The maximum atomic E-state index is 12.9. The third-order valence-corrected chi connectivity index (χ3v) is 9.89. The van der Waals surface area contributed by atoms with Crippen molar-refractivity contribution in [2.75, 3.05) is 9.44 Å². The summed E-state index contributed by atoms with van der Waals surface area (Å²) in [7, 11) is -7.76. The van der Waals surface area contributed by atoms with Gasteiger partial charge in [-0.1, -0.05) is 17.7 Å². The molecule has 192 valence electrons. The Morgan fingerprint density at radius 2 is 1.55 bits per heavy atom. The molecular weight excluding hydrogens is 574 g/mol. The van der Waals surface area contributed by atoms with Crippen molar-refractivity contribution < 1.29 is 25.9 Å². The number of benzene rings is 3. The minimum atomic E-state index is -3.96. The van der Waals surface area contributed by atoms with Gasteiger partial charge in [0.05, 0.1) is 10.0 Å². The Balaban J connectivity index is 1.23. The largest absolute Gasteiger partial charge is 0.436 e. The van der Waals surface area contributed by atoms with Crippen LogP contribution in [-0.4, -0.2) is 32.1 Å². The molecule has 0 atom stereocenters. The van der Waals surface area contributed by atoms with Gasteiger partial charge >= 0.3 is 0 Å². The first-order chi connectivity index (χ1) is 18.2. The van der Waals surface area contributed by atoms with E-state index in [1.54, 1.807) is 54.6 Å². The van der Waals surface area contributed by atoms with Crippen LogP contribution in [0.1, 0.15) is 0 Å². The molecule has 3 heterocycles. The van der Waals surface area contributed by atoms with Crippen LogP contribution in [-0.2, 0) is 20.0 Å². The van der Waals surface area contributed by atoms with Crippen LogP contribution in [0.15, 0.2) is 90.9 Å². The zero-order valence-electron chi connectivity index (χ0n) is 18.8. The Morgan fingerprint density at radius 3 is 2.32 bits per heavy atom. The van der Waals surface area contributed by atoms with E-state index in [9.17, 15) is 16.8 Å². The summed E-state index contributed by atoms with van der Waals surface area (Å²) in [5.74, 6) is 0.276. The molecule has 0 radical (unpaired) electrons. The molecule has 0 saturated carbocycles. The number of nitrogens with zero attached hydrogens (tertiary/aromatic N) is 3. The predicted octanol–water partition coefficient (Wildman–Crippen LogP) is 5.35. The minimum Gasteiger partial charge on any atom is -0.436 e. The monoisotopic (exact) mass is 587 g/mol.